The summed E-state index contributed by atoms with van der Waals surface area (Å²) >= 11 is 0. The van der Waals surface area contributed by atoms with E-state index >= 15 is 0 Å². The molecule has 0 aliphatic rings. The van der Waals surface area contributed by atoms with E-state index in [4.69, 9.17) is 11.5 Å². The first-order chi connectivity index (χ1) is 11.5. The molecule has 0 spiro atoms. The summed E-state index contributed by atoms with van der Waals surface area (Å²) in [4.78, 5) is 15.8. The Morgan fingerprint density at radius 1 is 1.24 bits per heavy atom. The van der Waals surface area contributed by atoms with Crippen LogP contribution in [0.4, 0.5) is 0 Å². The lowest BCUT2D eigenvalue weighted by atomic mass is 9.86. The molecule has 0 saturated heterocycles. The predicted octanol–water partition coefficient (Wildman–Crippen LogP) is 2.64. The number of rotatable bonds is 4. The van der Waals surface area contributed by atoms with Gasteiger partial charge in [-0.2, -0.15) is 4.99 Å². The lowest BCUT2D eigenvalue weighted by Crippen LogP contribution is -2.25. The van der Waals surface area contributed by atoms with Crippen molar-refractivity contribution in [3.05, 3.63) is 29.5 Å². The highest BCUT2D eigenvalue weighted by atomic mass is 16.3. The van der Waals surface area contributed by atoms with Crippen LogP contribution in [0, 0.1) is 5.92 Å². The van der Waals surface area contributed by atoms with Crippen LogP contribution in [-0.2, 0) is 23.2 Å². The van der Waals surface area contributed by atoms with E-state index in [9.17, 15) is 9.90 Å². The van der Waals surface area contributed by atoms with Crippen LogP contribution in [0.15, 0.2) is 23.2 Å². The Hall–Kier alpha value is -2.50. The minimum absolute atomic E-state index is 0.0366. The van der Waals surface area contributed by atoms with Crippen molar-refractivity contribution >= 4 is 22.6 Å². The molecule has 1 amide bonds. The number of carbonyl (C=O) groups is 1. The summed E-state index contributed by atoms with van der Waals surface area (Å²) in [7, 11) is 0. The van der Waals surface area contributed by atoms with E-state index in [0.29, 0.717) is 12.5 Å². The van der Waals surface area contributed by atoms with E-state index in [1.807, 2.05) is 18.2 Å². The number of carbonyl (C=O) groups excluding carboxylic acids is 1. The monoisotopic (exact) mass is 344 g/mol. The molecule has 0 atom stereocenters. The summed E-state index contributed by atoms with van der Waals surface area (Å²) in [5.74, 6) is -0.190. The normalized spacial score (nSPS) is 11.9. The lowest BCUT2D eigenvalue weighted by Gasteiger charge is -2.19. The van der Waals surface area contributed by atoms with Gasteiger partial charge in [0.05, 0.1) is 6.42 Å². The maximum atomic E-state index is 12.2. The number of nitrogens with zero attached hydrogens (tertiary/aromatic N) is 2. The first-order valence-corrected chi connectivity index (χ1v) is 8.47. The molecule has 0 radical (unpaired) electrons. The van der Waals surface area contributed by atoms with Gasteiger partial charge in [0.2, 0.25) is 0 Å². The molecular weight excluding hydrogens is 316 g/mol. The third kappa shape index (κ3) is 4.13. The third-order valence-corrected chi connectivity index (χ3v) is 4.14. The summed E-state index contributed by atoms with van der Waals surface area (Å²) in [5, 5.41) is 12.3. The maximum absolute atomic E-state index is 12.2. The second kappa shape index (κ2) is 6.78. The van der Waals surface area contributed by atoms with Crippen molar-refractivity contribution in [2.45, 2.75) is 53.0 Å². The van der Waals surface area contributed by atoms with E-state index in [0.717, 1.165) is 22.0 Å². The highest BCUT2D eigenvalue weighted by molar-refractivity contribution is 5.97. The first-order valence-electron chi connectivity index (χ1n) is 8.47. The van der Waals surface area contributed by atoms with Gasteiger partial charge >= 0.3 is 0 Å². The number of hydrogen-bond donors (Lipinski definition) is 3. The van der Waals surface area contributed by atoms with Crippen molar-refractivity contribution in [1.82, 2.24) is 4.57 Å². The van der Waals surface area contributed by atoms with Crippen LogP contribution in [0.1, 0.15) is 45.9 Å². The van der Waals surface area contributed by atoms with Gasteiger partial charge in [-0.05, 0) is 29.0 Å². The summed E-state index contributed by atoms with van der Waals surface area (Å²) in [6.45, 7) is 11.1. The summed E-state index contributed by atoms with van der Waals surface area (Å²) < 4.78 is 1.79. The number of amides is 1. The Morgan fingerprint density at radius 3 is 2.40 bits per heavy atom. The molecule has 0 aliphatic carbocycles. The first kappa shape index (κ1) is 18.8. The number of fused-ring (bicyclic) bond motifs is 1. The van der Waals surface area contributed by atoms with E-state index < -0.39 is 5.91 Å². The fourth-order valence-corrected chi connectivity index (χ4v) is 2.94. The molecule has 1 aromatic heterocycles. The fraction of sp³-hybridized carbons (Fsp3) is 0.474. The van der Waals surface area contributed by atoms with Gasteiger partial charge in [-0.3, -0.25) is 4.79 Å². The predicted molar refractivity (Wildman–Crippen MR) is 102 cm³/mol. The molecule has 136 valence electrons. The van der Waals surface area contributed by atoms with Gasteiger partial charge in [0.25, 0.3) is 5.91 Å². The molecule has 2 aromatic rings. The largest absolute Gasteiger partial charge is 0.494 e. The van der Waals surface area contributed by atoms with E-state index in [2.05, 4.69) is 39.6 Å². The van der Waals surface area contributed by atoms with Gasteiger partial charge < -0.3 is 21.1 Å². The minimum Gasteiger partial charge on any atom is -0.494 e. The van der Waals surface area contributed by atoms with Crippen LogP contribution in [-0.4, -0.2) is 21.5 Å². The van der Waals surface area contributed by atoms with Crippen molar-refractivity contribution in [3.8, 4) is 5.88 Å². The Labute approximate surface area is 148 Å². The quantitative estimate of drug-likeness (QED) is 0.585. The molecule has 0 bridgehead atoms. The molecule has 0 unspecified atom stereocenters. The van der Waals surface area contributed by atoms with E-state index in [-0.39, 0.29) is 23.7 Å². The van der Waals surface area contributed by atoms with Crippen molar-refractivity contribution in [2.24, 2.45) is 22.4 Å². The summed E-state index contributed by atoms with van der Waals surface area (Å²) in [6.07, 6.45) is 0.0370. The number of nitrogens with two attached hydrogens (primary N) is 2. The highest BCUT2D eigenvalue weighted by Crippen LogP contribution is 2.36. The Kier molecular flexibility index (Phi) is 5.11. The highest BCUT2D eigenvalue weighted by Gasteiger charge is 2.22. The van der Waals surface area contributed by atoms with Gasteiger partial charge in [0, 0.05) is 23.0 Å². The van der Waals surface area contributed by atoms with Crippen LogP contribution >= 0.6 is 0 Å². The lowest BCUT2D eigenvalue weighted by molar-refractivity contribution is -0.117. The molecule has 1 heterocycles. The van der Waals surface area contributed by atoms with E-state index in [1.165, 1.54) is 0 Å². The van der Waals surface area contributed by atoms with Crippen molar-refractivity contribution in [3.63, 3.8) is 0 Å². The van der Waals surface area contributed by atoms with Crippen molar-refractivity contribution in [1.29, 1.82) is 0 Å². The van der Waals surface area contributed by atoms with Crippen LogP contribution in [0.5, 0.6) is 5.88 Å². The Morgan fingerprint density at radius 2 is 1.88 bits per heavy atom. The second-order valence-corrected chi connectivity index (χ2v) is 7.89. The van der Waals surface area contributed by atoms with Gasteiger partial charge in [0.15, 0.2) is 11.8 Å². The molecular formula is C19H28N4O2. The molecule has 0 fully saturated rings. The molecule has 25 heavy (non-hydrogen) atoms. The molecule has 2 rings (SSSR count). The molecule has 0 aliphatic heterocycles. The van der Waals surface area contributed by atoms with Gasteiger partial charge in [0.1, 0.15) is 0 Å². The zero-order valence-electron chi connectivity index (χ0n) is 15.6. The van der Waals surface area contributed by atoms with Crippen molar-refractivity contribution < 1.29 is 9.90 Å². The van der Waals surface area contributed by atoms with Gasteiger partial charge in [-0.1, -0.05) is 40.7 Å². The standard InChI is InChI=1S/C19H28N4O2/c1-11(2)10-23-15(9-16(24)22-18(20)21)14-8-12(19(3,4)5)6-7-13(14)17(23)25/h6-8,11,25H,9-10H2,1-5H3,(H4,20,21,22,24). The minimum atomic E-state index is -0.425. The van der Waals surface area contributed by atoms with Crippen LogP contribution in [0.25, 0.3) is 10.8 Å². The number of hydrogen-bond acceptors (Lipinski definition) is 2. The van der Waals surface area contributed by atoms with Gasteiger partial charge in [-0.25, -0.2) is 0 Å². The average Bonchev–Trinajstić information content (AvgIpc) is 2.70. The number of benzene rings is 1. The number of guanidine groups is 1. The maximum Gasteiger partial charge on any atom is 0.254 e. The Balaban J connectivity index is 2.67. The molecule has 6 nitrogen and oxygen atoms in total. The zero-order chi connectivity index (χ0) is 18.9. The summed E-state index contributed by atoms with van der Waals surface area (Å²) in [6, 6.07) is 5.98. The van der Waals surface area contributed by atoms with Crippen LogP contribution in [0.2, 0.25) is 0 Å². The molecule has 6 heteroatoms. The molecule has 5 N–H and O–H groups in total. The smallest absolute Gasteiger partial charge is 0.254 e. The molecule has 0 saturated carbocycles. The van der Waals surface area contributed by atoms with Gasteiger partial charge in [-0.15, -0.1) is 0 Å². The topological polar surface area (TPSA) is 107 Å². The van der Waals surface area contributed by atoms with E-state index in [1.54, 1.807) is 4.57 Å². The fourth-order valence-electron chi connectivity index (χ4n) is 2.94. The Bertz CT molecular complexity index is 822. The summed E-state index contributed by atoms with van der Waals surface area (Å²) in [5.41, 5.74) is 12.5. The number of aliphatic imine (C=N–C) groups is 1. The third-order valence-electron chi connectivity index (χ3n) is 4.14. The number of aromatic hydroxyl groups is 1. The number of aromatic nitrogens is 1. The van der Waals surface area contributed by atoms with Crippen LogP contribution in [0.3, 0.4) is 0 Å². The average molecular weight is 344 g/mol. The van der Waals surface area contributed by atoms with Crippen molar-refractivity contribution in [2.75, 3.05) is 0 Å². The SMILES string of the molecule is CC(C)Cn1c(O)c2ccc(C(C)(C)C)cc2c1CC(=O)N=C(N)N. The second-order valence-electron chi connectivity index (χ2n) is 7.89. The zero-order valence-corrected chi connectivity index (χ0v) is 15.6. The molecule has 1 aromatic carbocycles. The van der Waals surface area contributed by atoms with Crippen LogP contribution < -0.4 is 11.5 Å².